The molecule has 1 heterocycles. The highest BCUT2D eigenvalue weighted by Crippen LogP contribution is 2.34. The molecule has 2 unspecified atom stereocenters. The highest BCUT2D eigenvalue weighted by atomic mass is 19.1. The SMILES string of the molecule is O=C(O)C1CCC1C(=O)NCc1cccnc1Oc1cccc(F)c1. The van der Waals surface area contributed by atoms with Crippen molar-refractivity contribution in [2.24, 2.45) is 11.8 Å². The van der Waals surface area contributed by atoms with E-state index in [1.54, 1.807) is 18.2 Å². The van der Waals surface area contributed by atoms with Gasteiger partial charge in [-0.1, -0.05) is 12.1 Å². The van der Waals surface area contributed by atoms with E-state index in [9.17, 15) is 14.0 Å². The number of carbonyl (C=O) groups excluding carboxylic acids is 1. The smallest absolute Gasteiger partial charge is 0.307 e. The molecule has 1 aromatic carbocycles. The van der Waals surface area contributed by atoms with Gasteiger partial charge in [0.1, 0.15) is 11.6 Å². The monoisotopic (exact) mass is 344 g/mol. The number of hydrogen-bond acceptors (Lipinski definition) is 4. The molecular formula is C18H17FN2O4. The molecule has 1 aliphatic rings. The van der Waals surface area contributed by atoms with Crippen LogP contribution in [0.5, 0.6) is 11.6 Å². The van der Waals surface area contributed by atoms with Crippen LogP contribution in [0.1, 0.15) is 18.4 Å². The van der Waals surface area contributed by atoms with Gasteiger partial charge in [0.05, 0.1) is 11.8 Å². The van der Waals surface area contributed by atoms with Gasteiger partial charge >= 0.3 is 5.97 Å². The Morgan fingerprint density at radius 3 is 2.72 bits per heavy atom. The number of hydrogen-bond donors (Lipinski definition) is 2. The topological polar surface area (TPSA) is 88.5 Å². The van der Waals surface area contributed by atoms with Gasteiger partial charge in [0.2, 0.25) is 11.8 Å². The van der Waals surface area contributed by atoms with Crippen molar-refractivity contribution >= 4 is 11.9 Å². The quantitative estimate of drug-likeness (QED) is 0.841. The Hall–Kier alpha value is -2.96. The number of nitrogens with zero attached hydrogens (tertiary/aromatic N) is 1. The van der Waals surface area contributed by atoms with Crippen molar-refractivity contribution in [2.75, 3.05) is 0 Å². The van der Waals surface area contributed by atoms with Crippen LogP contribution in [0.2, 0.25) is 0 Å². The number of nitrogens with one attached hydrogen (secondary N) is 1. The number of benzene rings is 1. The third-order valence-corrected chi connectivity index (χ3v) is 4.24. The lowest BCUT2D eigenvalue weighted by Gasteiger charge is -2.31. The summed E-state index contributed by atoms with van der Waals surface area (Å²) in [6.07, 6.45) is 2.63. The third kappa shape index (κ3) is 3.93. The lowest BCUT2D eigenvalue weighted by molar-refractivity contribution is -0.152. The summed E-state index contributed by atoms with van der Waals surface area (Å²) in [4.78, 5) is 27.3. The molecule has 2 atom stereocenters. The lowest BCUT2D eigenvalue weighted by Crippen LogP contribution is -2.43. The number of halogens is 1. The van der Waals surface area contributed by atoms with Crippen LogP contribution in [0.25, 0.3) is 0 Å². The summed E-state index contributed by atoms with van der Waals surface area (Å²) >= 11 is 0. The van der Waals surface area contributed by atoms with Gasteiger partial charge in [-0.3, -0.25) is 9.59 Å². The number of carboxylic acid groups (broad SMARTS) is 1. The molecular weight excluding hydrogens is 327 g/mol. The van der Waals surface area contributed by atoms with E-state index in [-0.39, 0.29) is 18.3 Å². The Balaban J connectivity index is 1.65. The van der Waals surface area contributed by atoms with Gasteiger partial charge in [-0.15, -0.1) is 0 Å². The van der Waals surface area contributed by atoms with Crippen LogP contribution in [0.4, 0.5) is 4.39 Å². The number of rotatable bonds is 6. The van der Waals surface area contributed by atoms with Crippen LogP contribution in [0.15, 0.2) is 42.6 Å². The molecule has 3 rings (SSSR count). The van der Waals surface area contributed by atoms with Gasteiger partial charge in [0.15, 0.2) is 0 Å². The van der Waals surface area contributed by atoms with Crippen molar-refractivity contribution < 1.29 is 23.8 Å². The number of aromatic nitrogens is 1. The number of ether oxygens (including phenoxy) is 1. The largest absolute Gasteiger partial charge is 0.481 e. The minimum Gasteiger partial charge on any atom is -0.481 e. The maximum absolute atomic E-state index is 13.3. The molecule has 0 radical (unpaired) electrons. The average molecular weight is 344 g/mol. The fourth-order valence-corrected chi connectivity index (χ4v) is 2.72. The number of carboxylic acids is 1. The van der Waals surface area contributed by atoms with Crippen molar-refractivity contribution in [1.82, 2.24) is 10.3 Å². The first-order valence-electron chi connectivity index (χ1n) is 7.92. The van der Waals surface area contributed by atoms with Gasteiger partial charge in [0, 0.05) is 24.4 Å². The maximum atomic E-state index is 13.3. The highest BCUT2D eigenvalue weighted by molar-refractivity contribution is 5.86. The summed E-state index contributed by atoms with van der Waals surface area (Å²) in [7, 11) is 0. The first kappa shape index (κ1) is 16.9. The van der Waals surface area contributed by atoms with Crippen LogP contribution in [-0.4, -0.2) is 22.0 Å². The second-order valence-electron chi connectivity index (χ2n) is 5.87. The second kappa shape index (κ2) is 7.29. The van der Waals surface area contributed by atoms with Gasteiger partial charge < -0.3 is 15.2 Å². The van der Waals surface area contributed by atoms with Gasteiger partial charge in [0.25, 0.3) is 0 Å². The van der Waals surface area contributed by atoms with Crippen molar-refractivity contribution in [3.63, 3.8) is 0 Å². The minimum absolute atomic E-state index is 0.153. The second-order valence-corrected chi connectivity index (χ2v) is 5.87. The Morgan fingerprint density at radius 1 is 1.24 bits per heavy atom. The molecule has 7 heteroatoms. The molecule has 0 bridgehead atoms. The zero-order valence-corrected chi connectivity index (χ0v) is 13.3. The van der Waals surface area contributed by atoms with E-state index in [1.807, 2.05) is 0 Å². The summed E-state index contributed by atoms with van der Waals surface area (Å²) < 4.78 is 18.8. The molecule has 1 amide bonds. The van der Waals surface area contributed by atoms with Crippen molar-refractivity contribution in [3.8, 4) is 11.6 Å². The van der Waals surface area contributed by atoms with E-state index in [4.69, 9.17) is 9.84 Å². The molecule has 0 spiro atoms. The van der Waals surface area contributed by atoms with Crippen LogP contribution in [0, 0.1) is 17.7 Å². The molecule has 2 N–H and O–H groups in total. The normalized spacial score (nSPS) is 18.9. The van der Waals surface area contributed by atoms with Crippen LogP contribution in [-0.2, 0) is 16.1 Å². The molecule has 130 valence electrons. The van der Waals surface area contributed by atoms with Crippen molar-refractivity contribution in [3.05, 3.63) is 54.0 Å². The Kier molecular flexibility index (Phi) is 4.92. The molecule has 1 saturated carbocycles. The van der Waals surface area contributed by atoms with E-state index < -0.39 is 23.6 Å². The molecule has 1 aliphatic carbocycles. The number of aliphatic carboxylic acids is 1. The van der Waals surface area contributed by atoms with Crippen molar-refractivity contribution in [2.45, 2.75) is 19.4 Å². The zero-order valence-electron chi connectivity index (χ0n) is 13.3. The van der Waals surface area contributed by atoms with Crippen LogP contribution in [0.3, 0.4) is 0 Å². The highest BCUT2D eigenvalue weighted by Gasteiger charge is 2.41. The van der Waals surface area contributed by atoms with Crippen LogP contribution < -0.4 is 10.1 Å². The first-order valence-corrected chi connectivity index (χ1v) is 7.92. The number of carbonyl (C=O) groups is 2. The van der Waals surface area contributed by atoms with E-state index in [0.29, 0.717) is 24.2 Å². The van der Waals surface area contributed by atoms with E-state index in [0.717, 1.165) is 0 Å². The fourth-order valence-electron chi connectivity index (χ4n) is 2.72. The van der Waals surface area contributed by atoms with Crippen molar-refractivity contribution in [1.29, 1.82) is 0 Å². The van der Waals surface area contributed by atoms with E-state index >= 15 is 0 Å². The fraction of sp³-hybridized carbons (Fsp3) is 0.278. The van der Waals surface area contributed by atoms with E-state index in [2.05, 4.69) is 10.3 Å². The summed E-state index contributed by atoms with van der Waals surface area (Å²) in [5.41, 5.74) is 0.617. The Bertz CT molecular complexity index is 796. The molecule has 1 fully saturated rings. The van der Waals surface area contributed by atoms with Crippen LogP contribution >= 0.6 is 0 Å². The van der Waals surface area contributed by atoms with Gasteiger partial charge in [-0.2, -0.15) is 0 Å². The van der Waals surface area contributed by atoms with Gasteiger partial charge in [-0.25, -0.2) is 9.37 Å². The standard InChI is InChI=1S/C18H17FN2O4/c19-12-4-1-5-13(9-12)25-17-11(3-2-8-20-17)10-21-16(22)14-6-7-15(14)18(23)24/h1-5,8-9,14-15H,6-7,10H2,(H,21,22)(H,23,24). The average Bonchev–Trinajstić information content (AvgIpc) is 2.52. The summed E-state index contributed by atoms with van der Waals surface area (Å²) in [6, 6.07) is 9.11. The number of amides is 1. The summed E-state index contributed by atoms with van der Waals surface area (Å²) in [5.74, 6) is -2.21. The minimum atomic E-state index is -0.942. The molecule has 1 aromatic heterocycles. The zero-order chi connectivity index (χ0) is 17.8. The molecule has 0 saturated heterocycles. The lowest BCUT2D eigenvalue weighted by atomic mass is 9.73. The third-order valence-electron chi connectivity index (χ3n) is 4.24. The summed E-state index contributed by atoms with van der Waals surface area (Å²) in [5, 5.41) is 11.8. The molecule has 6 nitrogen and oxygen atoms in total. The molecule has 25 heavy (non-hydrogen) atoms. The maximum Gasteiger partial charge on any atom is 0.307 e. The van der Waals surface area contributed by atoms with Gasteiger partial charge in [-0.05, 0) is 31.0 Å². The Labute approximate surface area is 143 Å². The predicted octanol–water partition coefficient (Wildman–Crippen LogP) is 2.74. The Morgan fingerprint density at radius 2 is 2.04 bits per heavy atom. The number of pyridine rings is 1. The summed E-state index contributed by atoms with van der Waals surface area (Å²) in [6.45, 7) is 0.153. The predicted molar refractivity (Wildman–Crippen MR) is 86.4 cm³/mol. The molecule has 2 aromatic rings. The van der Waals surface area contributed by atoms with E-state index in [1.165, 1.54) is 24.4 Å². The first-order chi connectivity index (χ1) is 12.0. The molecule has 0 aliphatic heterocycles.